The monoisotopic (exact) mass is 370 g/mol. The average molecular weight is 371 g/mol. The highest BCUT2D eigenvalue weighted by Gasteiger charge is 2.28. The summed E-state index contributed by atoms with van der Waals surface area (Å²) in [5.74, 6) is 0.524. The molecule has 2 aliphatic heterocycles. The molecule has 1 unspecified atom stereocenters. The number of amides is 1. The predicted molar refractivity (Wildman–Crippen MR) is 104 cm³/mol. The third kappa shape index (κ3) is 3.85. The van der Waals surface area contributed by atoms with Gasteiger partial charge in [0.25, 0.3) is 0 Å². The van der Waals surface area contributed by atoms with Crippen LogP contribution in [0, 0.1) is 5.92 Å². The molecule has 3 heterocycles. The highest BCUT2D eigenvalue weighted by atomic mass is 32.1. The highest BCUT2D eigenvalue weighted by molar-refractivity contribution is 7.10. The first-order valence-electron chi connectivity index (χ1n) is 9.49. The number of aliphatic hydroxyl groups excluding tert-OH is 1. The fourth-order valence-corrected chi connectivity index (χ4v) is 4.99. The molecule has 0 saturated carbocycles. The number of nitrogens with zero attached hydrogens (tertiary/aromatic N) is 2. The predicted octanol–water partition coefficient (Wildman–Crippen LogP) is 3.08. The Morgan fingerprint density at radius 3 is 2.69 bits per heavy atom. The number of rotatable bonds is 4. The summed E-state index contributed by atoms with van der Waals surface area (Å²) in [6, 6.07) is 12.1. The first kappa shape index (κ1) is 17.7. The van der Waals surface area contributed by atoms with E-state index >= 15 is 0 Å². The third-order valence-corrected chi connectivity index (χ3v) is 6.76. The maximum absolute atomic E-state index is 12.7. The molecule has 4 rings (SSSR count). The minimum absolute atomic E-state index is 0.240. The van der Waals surface area contributed by atoms with Crippen molar-refractivity contribution in [3.8, 4) is 0 Å². The molecule has 1 fully saturated rings. The molecule has 1 aromatic heterocycles. The summed E-state index contributed by atoms with van der Waals surface area (Å²) in [5.41, 5.74) is 2.32. The summed E-state index contributed by atoms with van der Waals surface area (Å²) in [4.78, 5) is 18.4. The van der Waals surface area contributed by atoms with E-state index in [2.05, 4.69) is 16.3 Å². The standard InChI is InChI=1S/C21H26N2O2S/c24-20(23-12-8-19-18(14-23)9-13-26-19)15-22-10-6-17(7-11-22)21(25)16-4-2-1-3-5-16/h1-5,9,13,17,21,25H,6-8,10-12,14-15H2. The second-order valence-corrected chi connectivity index (χ2v) is 8.40. The molecule has 1 atom stereocenters. The van der Waals surface area contributed by atoms with Crippen LogP contribution in [-0.2, 0) is 17.8 Å². The lowest BCUT2D eigenvalue weighted by atomic mass is 9.87. The molecule has 0 spiro atoms. The Morgan fingerprint density at radius 2 is 1.92 bits per heavy atom. The molecule has 0 aliphatic carbocycles. The van der Waals surface area contributed by atoms with Crippen LogP contribution in [0.25, 0.3) is 0 Å². The zero-order chi connectivity index (χ0) is 17.9. The van der Waals surface area contributed by atoms with Gasteiger partial charge in [-0.15, -0.1) is 11.3 Å². The van der Waals surface area contributed by atoms with Crippen LogP contribution in [0.4, 0.5) is 0 Å². The van der Waals surface area contributed by atoms with Crippen molar-refractivity contribution in [2.45, 2.75) is 31.9 Å². The van der Waals surface area contributed by atoms with Crippen LogP contribution in [0.3, 0.4) is 0 Å². The van der Waals surface area contributed by atoms with Crippen molar-refractivity contribution in [1.82, 2.24) is 9.80 Å². The van der Waals surface area contributed by atoms with Crippen molar-refractivity contribution in [1.29, 1.82) is 0 Å². The molecule has 26 heavy (non-hydrogen) atoms. The number of piperidine rings is 1. The Hall–Kier alpha value is -1.69. The van der Waals surface area contributed by atoms with Crippen molar-refractivity contribution in [3.05, 3.63) is 57.8 Å². The number of hydrogen-bond donors (Lipinski definition) is 1. The molecule has 1 saturated heterocycles. The first-order chi connectivity index (χ1) is 12.7. The van der Waals surface area contributed by atoms with Gasteiger partial charge in [0.05, 0.1) is 12.6 Å². The number of thiophene rings is 1. The minimum Gasteiger partial charge on any atom is -0.388 e. The van der Waals surface area contributed by atoms with Crippen molar-refractivity contribution in [3.63, 3.8) is 0 Å². The van der Waals surface area contributed by atoms with Gasteiger partial charge in [0.1, 0.15) is 0 Å². The molecule has 1 N–H and O–H groups in total. The van der Waals surface area contributed by atoms with Gasteiger partial charge >= 0.3 is 0 Å². The van der Waals surface area contributed by atoms with Gasteiger partial charge < -0.3 is 10.0 Å². The van der Waals surface area contributed by atoms with E-state index in [4.69, 9.17) is 0 Å². The van der Waals surface area contributed by atoms with E-state index in [0.717, 1.165) is 51.0 Å². The summed E-state index contributed by atoms with van der Waals surface area (Å²) in [5, 5.41) is 12.7. The maximum Gasteiger partial charge on any atom is 0.237 e. The van der Waals surface area contributed by atoms with E-state index in [1.54, 1.807) is 11.3 Å². The number of fused-ring (bicyclic) bond motifs is 1. The molecular weight excluding hydrogens is 344 g/mol. The molecular formula is C21H26N2O2S. The lowest BCUT2D eigenvalue weighted by Gasteiger charge is -2.35. The minimum atomic E-state index is -0.395. The molecule has 138 valence electrons. The average Bonchev–Trinajstić information content (AvgIpc) is 3.16. The number of benzene rings is 1. The summed E-state index contributed by atoms with van der Waals surface area (Å²) in [6.45, 7) is 3.89. The molecule has 2 aromatic rings. The van der Waals surface area contributed by atoms with E-state index in [-0.39, 0.29) is 11.8 Å². The lowest BCUT2D eigenvalue weighted by Crippen LogP contribution is -2.45. The Morgan fingerprint density at radius 1 is 1.15 bits per heavy atom. The quantitative estimate of drug-likeness (QED) is 0.899. The summed E-state index contributed by atoms with van der Waals surface area (Å²) in [7, 11) is 0. The van der Waals surface area contributed by atoms with Gasteiger partial charge in [0.2, 0.25) is 5.91 Å². The Bertz CT molecular complexity index is 737. The van der Waals surface area contributed by atoms with Gasteiger partial charge in [-0.1, -0.05) is 30.3 Å². The molecule has 2 aliphatic rings. The Labute approximate surface area is 159 Å². The van der Waals surface area contributed by atoms with Crippen LogP contribution >= 0.6 is 11.3 Å². The first-order valence-corrected chi connectivity index (χ1v) is 10.4. The SMILES string of the molecule is O=C(CN1CCC(C(O)c2ccccc2)CC1)N1CCc2sccc2C1. The van der Waals surface area contributed by atoms with Crippen LogP contribution in [0.15, 0.2) is 41.8 Å². The van der Waals surface area contributed by atoms with Gasteiger partial charge in [0, 0.05) is 18.0 Å². The Kier molecular flexibility index (Phi) is 5.38. The topological polar surface area (TPSA) is 43.8 Å². The zero-order valence-corrected chi connectivity index (χ0v) is 15.8. The fraction of sp³-hybridized carbons (Fsp3) is 0.476. The van der Waals surface area contributed by atoms with Crippen LogP contribution < -0.4 is 0 Å². The molecule has 1 amide bonds. The summed E-state index contributed by atoms with van der Waals surface area (Å²) < 4.78 is 0. The van der Waals surface area contributed by atoms with Crippen molar-refractivity contribution < 1.29 is 9.90 Å². The Balaban J connectivity index is 1.27. The number of aliphatic hydroxyl groups is 1. The molecule has 5 heteroatoms. The molecule has 1 aromatic carbocycles. The highest BCUT2D eigenvalue weighted by Crippen LogP contribution is 2.30. The second kappa shape index (κ2) is 7.91. The van der Waals surface area contributed by atoms with Crippen molar-refractivity contribution in [2.75, 3.05) is 26.2 Å². The van der Waals surface area contributed by atoms with E-state index in [0.29, 0.717) is 6.54 Å². The van der Waals surface area contributed by atoms with Gasteiger partial charge in [-0.2, -0.15) is 0 Å². The normalized spacial score (nSPS) is 20.0. The molecule has 0 bridgehead atoms. The van der Waals surface area contributed by atoms with Gasteiger partial charge in [0.15, 0.2) is 0 Å². The molecule has 0 radical (unpaired) electrons. The number of carbonyl (C=O) groups is 1. The number of likely N-dealkylation sites (tertiary alicyclic amines) is 1. The maximum atomic E-state index is 12.7. The second-order valence-electron chi connectivity index (χ2n) is 7.40. The van der Waals surface area contributed by atoms with Gasteiger partial charge in [-0.25, -0.2) is 0 Å². The fourth-order valence-electron chi connectivity index (χ4n) is 4.10. The van der Waals surface area contributed by atoms with Crippen molar-refractivity contribution in [2.24, 2.45) is 5.92 Å². The van der Waals surface area contributed by atoms with Crippen LogP contribution in [0.2, 0.25) is 0 Å². The zero-order valence-electron chi connectivity index (χ0n) is 15.0. The van der Waals surface area contributed by atoms with E-state index < -0.39 is 6.10 Å². The molecule has 4 nitrogen and oxygen atoms in total. The van der Waals surface area contributed by atoms with E-state index in [1.165, 1.54) is 10.4 Å². The number of hydrogen-bond acceptors (Lipinski definition) is 4. The van der Waals surface area contributed by atoms with Gasteiger partial charge in [-0.05, 0) is 60.8 Å². The van der Waals surface area contributed by atoms with Crippen LogP contribution in [0.5, 0.6) is 0 Å². The van der Waals surface area contributed by atoms with Crippen LogP contribution in [0.1, 0.15) is 34.9 Å². The largest absolute Gasteiger partial charge is 0.388 e. The summed E-state index contributed by atoms with van der Waals surface area (Å²) in [6.07, 6.45) is 2.48. The third-order valence-electron chi connectivity index (χ3n) is 5.74. The van der Waals surface area contributed by atoms with E-state index in [9.17, 15) is 9.90 Å². The van der Waals surface area contributed by atoms with Crippen molar-refractivity contribution >= 4 is 17.2 Å². The lowest BCUT2D eigenvalue weighted by molar-refractivity contribution is -0.133. The smallest absolute Gasteiger partial charge is 0.237 e. The van der Waals surface area contributed by atoms with Crippen LogP contribution in [-0.4, -0.2) is 47.0 Å². The van der Waals surface area contributed by atoms with E-state index in [1.807, 2.05) is 35.2 Å². The van der Waals surface area contributed by atoms with Gasteiger partial charge in [-0.3, -0.25) is 9.69 Å². The summed E-state index contributed by atoms with van der Waals surface area (Å²) >= 11 is 1.80. The number of carbonyl (C=O) groups excluding carboxylic acids is 1.